The second-order valence-electron chi connectivity index (χ2n) is 7.11. The summed E-state index contributed by atoms with van der Waals surface area (Å²) < 4.78 is 5.06. The van der Waals surface area contributed by atoms with Gasteiger partial charge in [-0.05, 0) is 52.9 Å². The fraction of sp³-hybridized carbons (Fsp3) is 0.286. The number of carbonyl (C=O) groups is 2. The first-order valence-corrected chi connectivity index (χ1v) is 8.79. The summed E-state index contributed by atoms with van der Waals surface area (Å²) in [5, 5.41) is 3.72. The van der Waals surface area contributed by atoms with Gasteiger partial charge in [0.05, 0.1) is 13.3 Å². The first-order chi connectivity index (χ1) is 13.3. The number of hydrogen-bond acceptors (Lipinski definition) is 5. The highest BCUT2D eigenvalue weighted by Gasteiger charge is 2.14. The molecule has 0 aliphatic carbocycles. The van der Waals surface area contributed by atoms with Crippen molar-refractivity contribution in [2.75, 3.05) is 13.7 Å². The summed E-state index contributed by atoms with van der Waals surface area (Å²) in [6, 6.07) is 14.4. The average molecular weight is 383 g/mol. The van der Waals surface area contributed by atoms with Crippen LogP contribution >= 0.6 is 0 Å². The molecule has 0 bridgehead atoms. The van der Waals surface area contributed by atoms with Crippen LogP contribution in [0.1, 0.15) is 42.3 Å². The van der Waals surface area contributed by atoms with Crippen LogP contribution in [0.3, 0.4) is 0 Å². The van der Waals surface area contributed by atoms with Gasteiger partial charge in [-0.1, -0.05) is 38.1 Å². The summed E-state index contributed by atoms with van der Waals surface area (Å²) in [4.78, 5) is 28.7. The fourth-order valence-corrected chi connectivity index (χ4v) is 2.24. The van der Waals surface area contributed by atoms with E-state index < -0.39 is 11.8 Å². The van der Waals surface area contributed by atoms with Crippen LogP contribution < -0.4 is 15.6 Å². The maximum absolute atomic E-state index is 12.1. The zero-order valence-electron chi connectivity index (χ0n) is 16.5. The highest BCUT2D eigenvalue weighted by atomic mass is 16.6. The van der Waals surface area contributed by atoms with Gasteiger partial charge in [0.15, 0.2) is 6.61 Å². The van der Waals surface area contributed by atoms with Gasteiger partial charge in [-0.25, -0.2) is 0 Å². The van der Waals surface area contributed by atoms with E-state index in [1.165, 1.54) is 6.21 Å². The van der Waals surface area contributed by atoms with E-state index in [0.29, 0.717) is 5.56 Å². The summed E-state index contributed by atoms with van der Waals surface area (Å²) in [5.41, 5.74) is 7.01. The molecule has 2 N–H and O–H groups in total. The van der Waals surface area contributed by atoms with Gasteiger partial charge in [0.25, 0.3) is 11.8 Å². The SMILES string of the molecule is COc1ccc(/C=N\OCC(=O)NNC(=O)c2ccc(C(C)(C)C)cc2)cc1. The predicted octanol–water partition coefficient (Wildman–Crippen LogP) is 2.80. The van der Waals surface area contributed by atoms with E-state index in [1.807, 2.05) is 12.1 Å². The number of carbonyl (C=O) groups excluding carboxylic acids is 2. The Kier molecular flexibility index (Phi) is 7.14. The van der Waals surface area contributed by atoms with Gasteiger partial charge in [0.2, 0.25) is 0 Å². The molecule has 0 saturated heterocycles. The van der Waals surface area contributed by atoms with Gasteiger partial charge in [-0.3, -0.25) is 20.4 Å². The molecule has 28 heavy (non-hydrogen) atoms. The Bertz CT molecular complexity index is 822. The number of benzene rings is 2. The predicted molar refractivity (Wildman–Crippen MR) is 107 cm³/mol. The number of amides is 2. The van der Waals surface area contributed by atoms with Crippen LogP contribution in [0, 0.1) is 0 Å². The Morgan fingerprint density at radius 2 is 1.64 bits per heavy atom. The summed E-state index contributed by atoms with van der Waals surface area (Å²) in [7, 11) is 1.59. The molecule has 0 fully saturated rings. The zero-order chi connectivity index (χ0) is 20.6. The van der Waals surface area contributed by atoms with E-state index in [-0.39, 0.29) is 12.0 Å². The number of nitrogens with zero attached hydrogens (tertiary/aromatic N) is 1. The Balaban J connectivity index is 1.74. The van der Waals surface area contributed by atoms with Crippen molar-refractivity contribution in [3.8, 4) is 5.75 Å². The second kappa shape index (κ2) is 9.55. The molecule has 0 radical (unpaired) electrons. The lowest BCUT2D eigenvalue weighted by atomic mass is 9.87. The molecule has 0 atom stereocenters. The van der Waals surface area contributed by atoms with Crippen molar-refractivity contribution in [1.29, 1.82) is 0 Å². The zero-order valence-corrected chi connectivity index (χ0v) is 16.5. The molecule has 148 valence electrons. The molecule has 7 nitrogen and oxygen atoms in total. The van der Waals surface area contributed by atoms with Gasteiger partial charge in [-0.2, -0.15) is 0 Å². The van der Waals surface area contributed by atoms with Crippen LogP contribution in [0.25, 0.3) is 0 Å². The minimum Gasteiger partial charge on any atom is -0.497 e. The lowest BCUT2D eigenvalue weighted by Gasteiger charge is -2.19. The molecular formula is C21H25N3O4. The van der Waals surface area contributed by atoms with Crippen LogP contribution in [-0.2, 0) is 15.0 Å². The fourth-order valence-electron chi connectivity index (χ4n) is 2.24. The lowest BCUT2D eigenvalue weighted by Crippen LogP contribution is -2.43. The van der Waals surface area contributed by atoms with E-state index in [4.69, 9.17) is 9.57 Å². The quantitative estimate of drug-likeness (QED) is 0.593. The molecule has 0 heterocycles. The molecule has 2 aromatic rings. The first-order valence-electron chi connectivity index (χ1n) is 8.79. The number of oxime groups is 1. The van der Waals surface area contributed by atoms with Crippen molar-refractivity contribution in [3.05, 3.63) is 65.2 Å². The van der Waals surface area contributed by atoms with Crippen LogP contribution in [-0.4, -0.2) is 31.7 Å². The average Bonchev–Trinajstić information content (AvgIpc) is 2.69. The number of hydrazine groups is 1. The highest BCUT2D eigenvalue weighted by Crippen LogP contribution is 2.22. The number of methoxy groups -OCH3 is 1. The third-order valence-electron chi connectivity index (χ3n) is 3.92. The molecule has 0 unspecified atom stereocenters. The molecule has 0 aromatic heterocycles. The molecule has 2 amide bonds. The van der Waals surface area contributed by atoms with Crippen molar-refractivity contribution >= 4 is 18.0 Å². The van der Waals surface area contributed by atoms with Crippen LogP contribution in [0.2, 0.25) is 0 Å². The maximum atomic E-state index is 12.1. The molecule has 0 saturated carbocycles. The summed E-state index contributed by atoms with van der Waals surface area (Å²) in [5.74, 6) is -0.191. The molecule has 0 aliphatic heterocycles. The van der Waals surface area contributed by atoms with Gasteiger partial charge >= 0.3 is 0 Å². The largest absolute Gasteiger partial charge is 0.497 e. The van der Waals surface area contributed by atoms with Gasteiger partial charge in [0, 0.05) is 5.56 Å². The minimum atomic E-state index is -0.522. The standard InChI is InChI=1S/C21H25N3O4/c1-21(2,3)17-9-7-16(8-10-17)20(26)24-23-19(25)14-28-22-13-15-5-11-18(27-4)12-6-15/h5-13H,14H2,1-4H3,(H,23,25)(H,24,26)/b22-13-. The van der Waals surface area contributed by atoms with Crippen molar-refractivity contribution in [3.63, 3.8) is 0 Å². The van der Waals surface area contributed by atoms with Crippen LogP contribution in [0.5, 0.6) is 5.75 Å². The number of ether oxygens (including phenoxy) is 1. The van der Waals surface area contributed by atoms with Crippen molar-refractivity contribution in [2.24, 2.45) is 5.16 Å². The van der Waals surface area contributed by atoms with Crippen molar-refractivity contribution < 1.29 is 19.2 Å². The van der Waals surface area contributed by atoms with E-state index in [1.54, 1.807) is 43.5 Å². The summed E-state index contributed by atoms with van der Waals surface area (Å²) in [6.45, 7) is 5.97. The first kappa shape index (κ1) is 21.0. The van der Waals surface area contributed by atoms with Crippen LogP contribution in [0.4, 0.5) is 0 Å². The molecule has 2 rings (SSSR count). The van der Waals surface area contributed by atoms with E-state index >= 15 is 0 Å². The minimum absolute atomic E-state index is 0.00684. The normalized spacial score (nSPS) is 11.1. The van der Waals surface area contributed by atoms with Gasteiger partial charge in [-0.15, -0.1) is 0 Å². The van der Waals surface area contributed by atoms with Crippen molar-refractivity contribution in [1.82, 2.24) is 10.9 Å². The topological polar surface area (TPSA) is 89.0 Å². The molecular weight excluding hydrogens is 358 g/mol. The maximum Gasteiger partial charge on any atom is 0.279 e. The number of rotatable bonds is 6. The number of hydrogen-bond donors (Lipinski definition) is 2. The van der Waals surface area contributed by atoms with Crippen LogP contribution in [0.15, 0.2) is 53.7 Å². The molecule has 0 aliphatic rings. The third-order valence-corrected chi connectivity index (χ3v) is 3.92. The monoisotopic (exact) mass is 383 g/mol. The second-order valence-corrected chi connectivity index (χ2v) is 7.11. The smallest absolute Gasteiger partial charge is 0.279 e. The van der Waals surface area contributed by atoms with Gasteiger partial charge < -0.3 is 9.57 Å². The van der Waals surface area contributed by atoms with E-state index in [2.05, 4.69) is 36.8 Å². The Hall–Kier alpha value is -3.35. The molecule has 7 heteroatoms. The number of nitrogens with one attached hydrogen (secondary N) is 2. The Morgan fingerprint density at radius 1 is 1.00 bits per heavy atom. The Labute approximate surface area is 164 Å². The Morgan fingerprint density at radius 3 is 2.21 bits per heavy atom. The van der Waals surface area contributed by atoms with Crippen molar-refractivity contribution in [2.45, 2.75) is 26.2 Å². The van der Waals surface area contributed by atoms with E-state index in [9.17, 15) is 9.59 Å². The molecule has 2 aromatic carbocycles. The highest BCUT2D eigenvalue weighted by molar-refractivity contribution is 5.95. The summed E-state index contributed by atoms with van der Waals surface area (Å²) >= 11 is 0. The summed E-state index contributed by atoms with van der Waals surface area (Å²) in [6.07, 6.45) is 1.47. The van der Waals surface area contributed by atoms with Gasteiger partial charge in [0.1, 0.15) is 5.75 Å². The van der Waals surface area contributed by atoms with E-state index in [0.717, 1.165) is 16.9 Å². The third kappa shape index (κ3) is 6.42. The molecule has 0 spiro atoms. The lowest BCUT2D eigenvalue weighted by molar-refractivity contribution is -0.126.